The molecule has 0 saturated carbocycles. The van der Waals surface area contributed by atoms with Crippen LogP contribution in [0.2, 0.25) is 0 Å². The van der Waals surface area contributed by atoms with Gasteiger partial charge in [0, 0.05) is 5.56 Å². The number of para-hydroxylation sites is 1. The van der Waals surface area contributed by atoms with Gasteiger partial charge in [-0.25, -0.2) is 4.68 Å². The summed E-state index contributed by atoms with van der Waals surface area (Å²) in [6.45, 7) is 0. The number of nitrogens with zero attached hydrogens (tertiary/aromatic N) is 3. The lowest BCUT2D eigenvalue weighted by Gasteiger charge is -2.03. The van der Waals surface area contributed by atoms with Crippen molar-refractivity contribution >= 4 is 22.0 Å². The van der Waals surface area contributed by atoms with E-state index in [1.54, 1.807) is 10.9 Å². The van der Waals surface area contributed by atoms with Gasteiger partial charge in [0.1, 0.15) is 0 Å². The van der Waals surface area contributed by atoms with Gasteiger partial charge in [0.15, 0.2) is 0 Å². The van der Waals surface area contributed by atoms with E-state index >= 15 is 0 Å². The van der Waals surface area contributed by atoms with Crippen LogP contribution in [0.5, 0.6) is 0 Å². The van der Waals surface area contributed by atoms with Gasteiger partial charge in [-0.1, -0.05) is 39.3 Å². The molecule has 0 aliphatic rings. The van der Waals surface area contributed by atoms with Crippen molar-refractivity contribution in [2.24, 2.45) is 0 Å². The second-order valence-corrected chi connectivity index (χ2v) is 3.23. The van der Waals surface area contributed by atoms with Crippen LogP contribution in [-0.4, -0.2) is 15.0 Å². The topological polar surface area (TPSA) is 30.7 Å². The van der Waals surface area contributed by atoms with Gasteiger partial charge in [-0.05, 0) is 17.1 Å². The first-order valence-corrected chi connectivity index (χ1v) is 5.06. The largest absolute Gasteiger partial charge is 0.220 e. The van der Waals surface area contributed by atoms with E-state index in [1.807, 2.05) is 41.5 Å². The third-order valence-corrected chi connectivity index (χ3v) is 2.11. The fourth-order valence-electron chi connectivity index (χ4n) is 1.24. The molecule has 4 heteroatoms. The Morgan fingerprint density at radius 3 is 2.86 bits per heavy atom. The molecule has 0 bridgehead atoms. The summed E-state index contributed by atoms with van der Waals surface area (Å²) in [6, 6.07) is 7.98. The molecule has 70 valence electrons. The molecule has 2 rings (SSSR count). The predicted octanol–water partition coefficient (Wildman–Crippen LogP) is 2.63. The van der Waals surface area contributed by atoms with Gasteiger partial charge < -0.3 is 0 Å². The zero-order chi connectivity index (χ0) is 9.80. The quantitative estimate of drug-likeness (QED) is 0.820. The van der Waals surface area contributed by atoms with Gasteiger partial charge in [-0.15, -0.1) is 5.10 Å². The Bertz CT molecular complexity index is 434. The average molecular weight is 250 g/mol. The number of benzene rings is 1. The highest BCUT2D eigenvalue weighted by atomic mass is 79.9. The molecule has 0 atom stereocenters. The Balaban J connectivity index is 2.52. The molecule has 2 aromatic rings. The molecule has 14 heavy (non-hydrogen) atoms. The lowest BCUT2D eigenvalue weighted by Crippen LogP contribution is -1.97. The number of aromatic nitrogens is 3. The van der Waals surface area contributed by atoms with Gasteiger partial charge in [-0.3, -0.25) is 0 Å². The van der Waals surface area contributed by atoms with Crippen molar-refractivity contribution in [2.75, 3.05) is 0 Å². The van der Waals surface area contributed by atoms with E-state index in [0.29, 0.717) is 0 Å². The molecule has 0 aliphatic carbocycles. The van der Waals surface area contributed by atoms with Crippen LogP contribution in [0.15, 0.2) is 41.6 Å². The molecule has 0 aliphatic heterocycles. The number of rotatable bonds is 2. The lowest BCUT2D eigenvalue weighted by atomic mass is 10.2. The minimum atomic E-state index is 1.01. The van der Waals surface area contributed by atoms with Crippen LogP contribution in [-0.2, 0) is 0 Å². The summed E-state index contributed by atoms with van der Waals surface area (Å²) in [7, 11) is 0. The highest BCUT2D eigenvalue weighted by molar-refractivity contribution is 9.11. The maximum Gasteiger partial charge on any atom is 0.0735 e. The van der Waals surface area contributed by atoms with Crippen molar-refractivity contribution in [2.45, 2.75) is 0 Å². The van der Waals surface area contributed by atoms with Crippen molar-refractivity contribution in [3.05, 3.63) is 47.2 Å². The first-order chi connectivity index (χ1) is 6.92. The van der Waals surface area contributed by atoms with Gasteiger partial charge in [0.2, 0.25) is 0 Å². The van der Waals surface area contributed by atoms with Crippen molar-refractivity contribution in [3.63, 3.8) is 0 Å². The Kier molecular flexibility index (Phi) is 2.74. The molecule has 0 N–H and O–H groups in total. The highest BCUT2D eigenvalue weighted by Crippen LogP contribution is 2.14. The third kappa shape index (κ3) is 1.75. The summed E-state index contributed by atoms with van der Waals surface area (Å²) in [5.74, 6) is 0. The van der Waals surface area contributed by atoms with Crippen LogP contribution in [0.4, 0.5) is 0 Å². The van der Waals surface area contributed by atoms with E-state index in [4.69, 9.17) is 0 Å². The first-order valence-electron chi connectivity index (χ1n) is 4.14. The Morgan fingerprint density at radius 2 is 2.14 bits per heavy atom. The monoisotopic (exact) mass is 249 g/mol. The molecule has 0 amide bonds. The number of hydrogen-bond donors (Lipinski definition) is 0. The van der Waals surface area contributed by atoms with Crippen LogP contribution < -0.4 is 0 Å². The number of hydrogen-bond acceptors (Lipinski definition) is 2. The minimum Gasteiger partial charge on any atom is -0.220 e. The van der Waals surface area contributed by atoms with E-state index in [0.717, 1.165) is 11.3 Å². The summed E-state index contributed by atoms with van der Waals surface area (Å²) in [4.78, 5) is 1.82. The normalized spacial score (nSPS) is 10.9. The van der Waals surface area contributed by atoms with E-state index in [-0.39, 0.29) is 0 Å². The highest BCUT2D eigenvalue weighted by Gasteiger charge is 2.00. The standard InChI is InChI=1S/C10H8BrN3/c11-6-5-9-3-1-2-4-10(9)14-8-7-12-13-14/h1-8H/b6-5+. The van der Waals surface area contributed by atoms with Crippen LogP contribution >= 0.6 is 15.9 Å². The second kappa shape index (κ2) is 4.19. The minimum absolute atomic E-state index is 1.01. The van der Waals surface area contributed by atoms with E-state index < -0.39 is 0 Å². The summed E-state index contributed by atoms with van der Waals surface area (Å²) in [5.41, 5.74) is 2.11. The van der Waals surface area contributed by atoms with Crippen LogP contribution in [0.25, 0.3) is 11.8 Å². The van der Waals surface area contributed by atoms with Crippen LogP contribution in [0.1, 0.15) is 5.56 Å². The maximum atomic E-state index is 3.95. The summed E-state index contributed by atoms with van der Waals surface area (Å²) in [5, 5.41) is 7.72. The smallest absolute Gasteiger partial charge is 0.0735 e. The molecule has 1 aromatic carbocycles. The summed E-state index contributed by atoms with van der Waals surface area (Å²) < 4.78 is 1.74. The molecule has 0 saturated heterocycles. The molecule has 0 fully saturated rings. The average Bonchev–Trinajstić information content (AvgIpc) is 2.72. The molecule has 1 heterocycles. The zero-order valence-electron chi connectivity index (χ0n) is 7.34. The molecule has 3 nitrogen and oxygen atoms in total. The Labute approximate surface area is 90.2 Å². The molecule has 0 spiro atoms. The SMILES string of the molecule is Br/C=C/c1ccccc1-n1ccnn1. The second-order valence-electron chi connectivity index (χ2n) is 2.70. The van der Waals surface area contributed by atoms with Crippen molar-refractivity contribution < 1.29 is 0 Å². The summed E-state index contributed by atoms with van der Waals surface area (Å²) in [6.07, 6.45) is 5.45. The number of halogens is 1. The van der Waals surface area contributed by atoms with E-state index in [9.17, 15) is 0 Å². The lowest BCUT2D eigenvalue weighted by molar-refractivity contribution is 0.802. The summed E-state index contributed by atoms with van der Waals surface area (Å²) >= 11 is 3.26. The molecular weight excluding hydrogens is 242 g/mol. The fraction of sp³-hybridized carbons (Fsp3) is 0. The van der Waals surface area contributed by atoms with Crippen molar-refractivity contribution in [1.29, 1.82) is 0 Å². The van der Waals surface area contributed by atoms with Gasteiger partial charge >= 0.3 is 0 Å². The van der Waals surface area contributed by atoms with Gasteiger partial charge in [0.05, 0.1) is 18.1 Å². The molecule has 0 unspecified atom stereocenters. The van der Waals surface area contributed by atoms with Gasteiger partial charge in [-0.2, -0.15) is 0 Å². The van der Waals surface area contributed by atoms with E-state index in [2.05, 4.69) is 26.2 Å². The van der Waals surface area contributed by atoms with Crippen molar-refractivity contribution in [1.82, 2.24) is 15.0 Å². The molecule has 1 aromatic heterocycles. The van der Waals surface area contributed by atoms with Crippen LogP contribution in [0, 0.1) is 0 Å². The fourth-order valence-corrected chi connectivity index (χ4v) is 1.53. The first kappa shape index (κ1) is 9.15. The Morgan fingerprint density at radius 1 is 1.29 bits per heavy atom. The molecular formula is C10H8BrN3. The zero-order valence-corrected chi connectivity index (χ0v) is 8.92. The maximum absolute atomic E-state index is 3.95. The van der Waals surface area contributed by atoms with Crippen LogP contribution in [0.3, 0.4) is 0 Å². The Hall–Kier alpha value is -1.42. The third-order valence-electron chi connectivity index (χ3n) is 1.85. The molecule has 0 radical (unpaired) electrons. The van der Waals surface area contributed by atoms with Crippen molar-refractivity contribution in [3.8, 4) is 5.69 Å². The van der Waals surface area contributed by atoms with E-state index in [1.165, 1.54) is 0 Å². The van der Waals surface area contributed by atoms with Gasteiger partial charge in [0.25, 0.3) is 0 Å². The predicted molar refractivity (Wildman–Crippen MR) is 59.3 cm³/mol.